The van der Waals surface area contributed by atoms with E-state index in [1.165, 1.54) is 59.9 Å². The number of benzene rings is 3. The Morgan fingerprint density at radius 3 is 2.51 bits per heavy atom. The maximum atomic E-state index is 13.9. The van der Waals surface area contributed by atoms with Crippen LogP contribution < -0.4 is 19.7 Å². The van der Waals surface area contributed by atoms with Gasteiger partial charge < -0.3 is 24.7 Å². The smallest absolute Gasteiger partial charge is 0.293 e. The highest BCUT2D eigenvalue weighted by atomic mass is 32.2. The van der Waals surface area contributed by atoms with Crippen LogP contribution in [-0.4, -0.2) is 86.6 Å². The van der Waals surface area contributed by atoms with Gasteiger partial charge in [-0.15, -0.1) is 0 Å². The zero-order chi connectivity index (χ0) is 43.7. The molecule has 3 aromatic carbocycles. The zero-order valence-electron chi connectivity index (χ0n) is 35.9. The fourth-order valence-corrected chi connectivity index (χ4v) is 10.1. The number of amides is 1. The third kappa shape index (κ3) is 9.90. The van der Waals surface area contributed by atoms with Gasteiger partial charge >= 0.3 is 0 Å². The lowest BCUT2D eigenvalue weighted by atomic mass is 9.72. The van der Waals surface area contributed by atoms with E-state index in [2.05, 4.69) is 67.9 Å². The Morgan fingerprint density at radius 2 is 1.76 bits per heavy atom. The first-order chi connectivity index (χ1) is 30.4. The van der Waals surface area contributed by atoms with Crippen LogP contribution in [0.3, 0.4) is 0 Å². The summed E-state index contributed by atoms with van der Waals surface area (Å²) in [6.07, 6.45) is 10.9. The number of hydrogen-bond donors (Lipinski definition) is 3. The minimum atomic E-state index is -4.55. The van der Waals surface area contributed by atoms with Gasteiger partial charge in [-0.3, -0.25) is 19.8 Å². The van der Waals surface area contributed by atoms with E-state index in [1.54, 1.807) is 30.5 Å². The summed E-state index contributed by atoms with van der Waals surface area (Å²) in [5.41, 5.74) is 7.37. The molecule has 1 amide bonds. The van der Waals surface area contributed by atoms with Gasteiger partial charge in [-0.05, 0) is 115 Å². The first-order valence-electron chi connectivity index (χ1n) is 22.1. The van der Waals surface area contributed by atoms with Crippen molar-refractivity contribution >= 4 is 49.6 Å². The molecule has 1 saturated carbocycles. The molecule has 2 aromatic heterocycles. The van der Waals surface area contributed by atoms with Crippen LogP contribution in [0.4, 0.5) is 17.1 Å². The van der Waals surface area contributed by atoms with Crippen molar-refractivity contribution in [1.82, 2.24) is 19.6 Å². The number of nitro groups is 1. The maximum absolute atomic E-state index is 13.9. The molecule has 5 aromatic rings. The monoisotopic (exact) mass is 873 g/mol. The number of allylic oxidation sites excluding steroid dienone is 1. The lowest BCUT2D eigenvalue weighted by Crippen LogP contribution is -2.47. The number of rotatable bonds is 14. The number of anilines is 2. The number of aromatic nitrogens is 2. The lowest BCUT2D eigenvalue weighted by molar-refractivity contribution is -0.384. The van der Waals surface area contributed by atoms with Gasteiger partial charge in [0.15, 0.2) is 0 Å². The number of carbonyl (C=O) groups is 1. The van der Waals surface area contributed by atoms with Crippen LogP contribution >= 0.6 is 0 Å². The quantitative estimate of drug-likeness (QED) is 0.0719. The molecule has 14 nitrogen and oxygen atoms in total. The molecule has 4 heterocycles. The number of carbonyl (C=O) groups excluding carboxylic acids is 1. The number of piperazine rings is 1. The molecule has 4 aliphatic rings. The molecule has 63 heavy (non-hydrogen) atoms. The SMILES string of the molecule is CC1(C)CCC(CN2CCN(c3ccc(C(=O)NS(=O)(=O)c4ccc(NCC5CCOCC5)c([N+](=O)[O-])c4)c(Oc4cnc5[nH]ccc5c4)c3)CC2)=C(c2ccc(C3CC3)cc2)C1. The van der Waals surface area contributed by atoms with Crippen LogP contribution in [0.1, 0.15) is 86.2 Å². The summed E-state index contributed by atoms with van der Waals surface area (Å²) >= 11 is 0. The minimum absolute atomic E-state index is 0.0239. The number of aromatic amines is 1. The molecule has 3 N–H and O–H groups in total. The Morgan fingerprint density at radius 1 is 0.984 bits per heavy atom. The second-order valence-electron chi connectivity index (χ2n) is 18.3. The molecule has 0 unspecified atom stereocenters. The number of pyridine rings is 1. The van der Waals surface area contributed by atoms with E-state index >= 15 is 0 Å². The number of ether oxygens (including phenoxy) is 2. The van der Waals surface area contributed by atoms with E-state index in [0.29, 0.717) is 31.2 Å². The maximum Gasteiger partial charge on any atom is 0.293 e. The topological polar surface area (TPSA) is 172 Å². The normalized spacial score (nSPS) is 18.7. The molecular weight excluding hydrogens is 819 g/mol. The van der Waals surface area contributed by atoms with Crippen LogP contribution in [0.5, 0.6) is 11.5 Å². The summed E-state index contributed by atoms with van der Waals surface area (Å²) in [7, 11) is -4.55. The van der Waals surface area contributed by atoms with Crippen LogP contribution in [0.2, 0.25) is 0 Å². The van der Waals surface area contributed by atoms with Gasteiger partial charge in [0, 0.05) is 81.9 Å². The highest BCUT2D eigenvalue weighted by Crippen LogP contribution is 2.45. The Kier molecular flexibility index (Phi) is 12.0. The fourth-order valence-electron chi connectivity index (χ4n) is 9.12. The Bertz CT molecular complexity index is 2640. The van der Waals surface area contributed by atoms with Crippen molar-refractivity contribution < 1.29 is 27.6 Å². The van der Waals surface area contributed by atoms with Crippen LogP contribution in [-0.2, 0) is 14.8 Å². The average Bonchev–Trinajstić information content (AvgIpc) is 4.03. The summed E-state index contributed by atoms with van der Waals surface area (Å²) in [6, 6.07) is 21.7. The predicted octanol–water partition coefficient (Wildman–Crippen LogP) is 8.88. The Hall–Kier alpha value is -5.77. The summed E-state index contributed by atoms with van der Waals surface area (Å²) in [5.74, 6) is 0.581. The number of nitrogens with one attached hydrogen (secondary N) is 3. The summed E-state index contributed by atoms with van der Waals surface area (Å²) in [4.78, 5) is 37.3. The standard InChI is InChI=1S/C48H55N7O7S/c1-48(2)17-13-37(42(28-48)35-7-5-34(6-8-35)33-3-4-33)31-53-19-21-54(22-20-53)38-9-11-41(45(26-38)62-39-25-36-14-18-49-46(36)51-30-39)47(56)52-63(59,60)40-10-12-43(44(27-40)55(57)58)50-29-32-15-23-61-24-16-32/h5-12,14,18,25-27,30,32-33,50H,3-4,13,15-17,19-24,28-29,31H2,1-2H3,(H,49,51)(H,52,56). The molecule has 2 saturated heterocycles. The predicted molar refractivity (Wildman–Crippen MR) is 244 cm³/mol. The second kappa shape index (κ2) is 17.8. The fraction of sp³-hybridized carbons (Fsp3) is 0.417. The van der Waals surface area contributed by atoms with E-state index in [4.69, 9.17) is 9.47 Å². The van der Waals surface area contributed by atoms with Crippen molar-refractivity contribution in [2.45, 2.75) is 69.6 Å². The highest BCUT2D eigenvalue weighted by molar-refractivity contribution is 7.90. The number of fused-ring (bicyclic) bond motifs is 1. The van der Waals surface area contributed by atoms with Gasteiger partial charge in [0.25, 0.3) is 21.6 Å². The third-order valence-electron chi connectivity index (χ3n) is 13.1. The van der Waals surface area contributed by atoms with Crippen molar-refractivity contribution in [3.05, 3.63) is 118 Å². The van der Waals surface area contributed by atoms with E-state index in [9.17, 15) is 23.3 Å². The minimum Gasteiger partial charge on any atom is -0.455 e. The van der Waals surface area contributed by atoms with Crippen molar-refractivity contribution in [3.8, 4) is 11.5 Å². The molecule has 15 heteroatoms. The third-order valence-corrected chi connectivity index (χ3v) is 14.4. The first-order valence-corrected chi connectivity index (χ1v) is 23.6. The molecule has 2 aliphatic heterocycles. The molecule has 0 atom stereocenters. The molecular formula is C48H55N7O7S. The first kappa shape index (κ1) is 42.5. The van der Waals surface area contributed by atoms with E-state index in [0.717, 1.165) is 81.5 Å². The molecule has 3 fully saturated rings. The van der Waals surface area contributed by atoms with Gasteiger partial charge in [-0.2, -0.15) is 0 Å². The number of nitrogens with zero attached hydrogens (tertiary/aromatic N) is 4. The van der Waals surface area contributed by atoms with Crippen LogP contribution in [0, 0.1) is 21.4 Å². The van der Waals surface area contributed by atoms with Crippen molar-refractivity contribution in [2.75, 3.05) is 62.7 Å². The van der Waals surface area contributed by atoms with E-state index < -0.39 is 31.4 Å². The zero-order valence-corrected chi connectivity index (χ0v) is 36.7. The number of nitro benzene ring substituents is 1. The van der Waals surface area contributed by atoms with Gasteiger partial charge in [0.1, 0.15) is 22.8 Å². The molecule has 0 spiro atoms. The largest absolute Gasteiger partial charge is 0.455 e. The Labute approximate surface area is 368 Å². The van der Waals surface area contributed by atoms with Gasteiger partial charge in [0.2, 0.25) is 0 Å². The van der Waals surface area contributed by atoms with E-state index in [-0.39, 0.29) is 28.3 Å². The van der Waals surface area contributed by atoms with Crippen molar-refractivity contribution in [3.63, 3.8) is 0 Å². The lowest BCUT2D eigenvalue weighted by Gasteiger charge is -2.39. The van der Waals surface area contributed by atoms with Crippen molar-refractivity contribution in [1.29, 1.82) is 0 Å². The molecule has 330 valence electrons. The average molecular weight is 874 g/mol. The number of H-pyrrole nitrogens is 1. The molecule has 2 aliphatic carbocycles. The summed E-state index contributed by atoms with van der Waals surface area (Å²) < 4.78 is 41.3. The number of hydrogen-bond acceptors (Lipinski definition) is 11. The van der Waals surface area contributed by atoms with Crippen molar-refractivity contribution in [2.24, 2.45) is 11.3 Å². The summed E-state index contributed by atoms with van der Waals surface area (Å²) in [5, 5.41) is 16.0. The molecule has 0 bridgehead atoms. The molecule has 9 rings (SSSR count). The molecule has 0 radical (unpaired) electrons. The van der Waals surface area contributed by atoms with Crippen LogP contribution in [0.25, 0.3) is 16.6 Å². The number of sulfonamides is 1. The highest BCUT2D eigenvalue weighted by Gasteiger charge is 2.31. The summed E-state index contributed by atoms with van der Waals surface area (Å²) in [6.45, 7) is 10.6. The second-order valence-corrected chi connectivity index (χ2v) is 19.9. The van der Waals surface area contributed by atoms with E-state index in [1.807, 2.05) is 6.07 Å². The van der Waals surface area contributed by atoms with Crippen LogP contribution in [0.15, 0.2) is 95.7 Å². The Balaban J connectivity index is 0.921. The van der Waals surface area contributed by atoms with Gasteiger partial charge in [-0.1, -0.05) is 43.7 Å². The van der Waals surface area contributed by atoms with Gasteiger partial charge in [0.05, 0.1) is 21.6 Å². The van der Waals surface area contributed by atoms with Gasteiger partial charge in [-0.25, -0.2) is 18.1 Å².